The van der Waals surface area contributed by atoms with E-state index in [0.29, 0.717) is 17.8 Å². The van der Waals surface area contributed by atoms with Crippen LogP contribution < -0.4 is 5.73 Å². The average Bonchev–Trinajstić information content (AvgIpc) is 2.99. The van der Waals surface area contributed by atoms with Gasteiger partial charge in [0.15, 0.2) is 5.82 Å². The largest absolute Gasteiger partial charge is 0.396 e. The molecule has 1 aliphatic rings. The van der Waals surface area contributed by atoms with Crippen LogP contribution in [-0.2, 0) is 0 Å². The SMILES string of the molecule is CCCC1CC1n1nnnc1-c1ccc(F)c(N)c1. The molecule has 2 unspecified atom stereocenters. The summed E-state index contributed by atoms with van der Waals surface area (Å²) in [4.78, 5) is 0. The Labute approximate surface area is 110 Å². The van der Waals surface area contributed by atoms with Gasteiger partial charge in [-0.05, 0) is 47.4 Å². The summed E-state index contributed by atoms with van der Waals surface area (Å²) in [6.45, 7) is 2.18. The average molecular weight is 261 g/mol. The quantitative estimate of drug-likeness (QED) is 0.858. The minimum atomic E-state index is -0.418. The fraction of sp³-hybridized carbons (Fsp3) is 0.462. The van der Waals surface area contributed by atoms with Gasteiger partial charge in [-0.1, -0.05) is 13.3 Å². The third-order valence-corrected chi connectivity index (χ3v) is 3.61. The van der Waals surface area contributed by atoms with Crippen molar-refractivity contribution in [1.29, 1.82) is 0 Å². The van der Waals surface area contributed by atoms with Crippen molar-refractivity contribution in [1.82, 2.24) is 20.2 Å². The van der Waals surface area contributed by atoms with Gasteiger partial charge in [-0.15, -0.1) is 5.10 Å². The van der Waals surface area contributed by atoms with Crippen molar-refractivity contribution in [3.8, 4) is 11.4 Å². The summed E-state index contributed by atoms with van der Waals surface area (Å²) in [6.07, 6.45) is 3.47. The van der Waals surface area contributed by atoms with E-state index in [1.807, 2.05) is 4.68 Å². The topological polar surface area (TPSA) is 69.6 Å². The van der Waals surface area contributed by atoms with E-state index >= 15 is 0 Å². The number of nitrogen functional groups attached to an aromatic ring is 1. The molecule has 6 heteroatoms. The minimum absolute atomic E-state index is 0.118. The summed E-state index contributed by atoms with van der Waals surface area (Å²) in [5, 5.41) is 11.8. The first-order chi connectivity index (χ1) is 9.20. The predicted octanol–water partition coefficient (Wildman–Crippen LogP) is 2.42. The molecular formula is C13H16FN5. The lowest BCUT2D eigenvalue weighted by atomic mass is 10.2. The van der Waals surface area contributed by atoms with Gasteiger partial charge >= 0.3 is 0 Å². The van der Waals surface area contributed by atoms with Crippen molar-refractivity contribution in [2.45, 2.75) is 32.2 Å². The first-order valence-corrected chi connectivity index (χ1v) is 6.54. The molecule has 1 heterocycles. The number of tetrazole rings is 1. The van der Waals surface area contributed by atoms with E-state index in [-0.39, 0.29) is 5.69 Å². The third-order valence-electron chi connectivity index (χ3n) is 3.61. The van der Waals surface area contributed by atoms with Crippen LogP contribution in [0.4, 0.5) is 10.1 Å². The molecule has 2 N–H and O–H groups in total. The Bertz CT molecular complexity index is 594. The van der Waals surface area contributed by atoms with Gasteiger partial charge in [0.1, 0.15) is 5.82 Å². The molecule has 1 aliphatic carbocycles. The van der Waals surface area contributed by atoms with E-state index in [2.05, 4.69) is 22.4 Å². The predicted molar refractivity (Wildman–Crippen MR) is 69.7 cm³/mol. The summed E-state index contributed by atoms with van der Waals surface area (Å²) >= 11 is 0. The van der Waals surface area contributed by atoms with Crippen LogP contribution in [0.25, 0.3) is 11.4 Å². The summed E-state index contributed by atoms with van der Waals surface area (Å²) in [5.41, 5.74) is 6.46. The smallest absolute Gasteiger partial charge is 0.182 e. The van der Waals surface area contributed by atoms with Crippen molar-refractivity contribution in [2.24, 2.45) is 5.92 Å². The number of aromatic nitrogens is 4. The lowest BCUT2D eigenvalue weighted by molar-refractivity contribution is 0.548. The van der Waals surface area contributed by atoms with Crippen molar-refractivity contribution >= 4 is 5.69 Å². The van der Waals surface area contributed by atoms with Crippen LogP contribution in [0.1, 0.15) is 32.2 Å². The second kappa shape index (κ2) is 4.60. The van der Waals surface area contributed by atoms with Crippen molar-refractivity contribution in [2.75, 3.05) is 5.73 Å². The van der Waals surface area contributed by atoms with Gasteiger partial charge in [0.2, 0.25) is 0 Å². The van der Waals surface area contributed by atoms with Crippen LogP contribution in [0.5, 0.6) is 0 Å². The van der Waals surface area contributed by atoms with Crippen molar-refractivity contribution in [3.05, 3.63) is 24.0 Å². The minimum Gasteiger partial charge on any atom is -0.396 e. The molecule has 100 valence electrons. The van der Waals surface area contributed by atoms with Crippen molar-refractivity contribution < 1.29 is 4.39 Å². The molecule has 1 fully saturated rings. The van der Waals surface area contributed by atoms with Gasteiger partial charge < -0.3 is 5.73 Å². The molecule has 5 nitrogen and oxygen atoms in total. The lowest BCUT2D eigenvalue weighted by Crippen LogP contribution is -2.02. The van der Waals surface area contributed by atoms with Gasteiger partial charge in [-0.2, -0.15) is 0 Å². The number of nitrogens with zero attached hydrogens (tertiary/aromatic N) is 4. The molecule has 1 saturated carbocycles. The summed E-state index contributed by atoms with van der Waals surface area (Å²) in [5.74, 6) is 0.901. The summed E-state index contributed by atoms with van der Waals surface area (Å²) < 4.78 is 15.0. The fourth-order valence-electron chi connectivity index (χ4n) is 2.50. The van der Waals surface area contributed by atoms with Gasteiger partial charge in [-0.3, -0.25) is 0 Å². The number of anilines is 1. The number of hydrogen-bond donors (Lipinski definition) is 1. The zero-order chi connectivity index (χ0) is 13.4. The van der Waals surface area contributed by atoms with E-state index in [4.69, 9.17) is 5.73 Å². The zero-order valence-electron chi connectivity index (χ0n) is 10.8. The van der Waals surface area contributed by atoms with E-state index in [9.17, 15) is 4.39 Å². The second-order valence-corrected chi connectivity index (χ2v) is 5.04. The molecule has 0 spiro atoms. The fourth-order valence-corrected chi connectivity index (χ4v) is 2.50. The highest BCUT2D eigenvalue weighted by atomic mass is 19.1. The highest BCUT2D eigenvalue weighted by Gasteiger charge is 2.40. The molecule has 0 aliphatic heterocycles. The van der Waals surface area contributed by atoms with E-state index in [0.717, 1.165) is 12.0 Å². The molecule has 3 rings (SSSR count). The van der Waals surface area contributed by atoms with Crippen LogP contribution in [0, 0.1) is 11.7 Å². The maximum absolute atomic E-state index is 13.2. The van der Waals surface area contributed by atoms with Gasteiger partial charge in [0, 0.05) is 5.56 Å². The molecule has 0 saturated heterocycles. The summed E-state index contributed by atoms with van der Waals surface area (Å²) in [6, 6.07) is 4.95. The Balaban J connectivity index is 1.90. The highest BCUT2D eigenvalue weighted by molar-refractivity contribution is 5.61. The molecule has 0 amide bonds. The molecule has 1 aromatic heterocycles. The number of rotatable bonds is 4. The van der Waals surface area contributed by atoms with E-state index in [1.165, 1.54) is 18.9 Å². The van der Waals surface area contributed by atoms with Crippen molar-refractivity contribution in [3.63, 3.8) is 0 Å². The normalized spacial score (nSPS) is 21.6. The van der Waals surface area contributed by atoms with Crippen LogP contribution in [-0.4, -0.2) is 20.2 Å². The Kier molecular flexibility index (Phi) is 2.93. The van der Waals surface area contributed by atoms with Crippen LogP contribution in [0.15, 0.2) is 18.2 Å². The monoisotopic (exact) mass is 261 g/mol. The Morgan fingerprint density at radius 2 is 2.32 bits per heavy atom. The number of nitrogens with two attached hydrogens (primary N) is 1. The number of benzene rings is 1. The zero-order valence-corrected chi connectivity index (χ0v) is 10.8. The van der Waals surface area contributed by atoms with Crippen LogP contribution in [0.2, 0.25) is 0 Å². The van der Waals surface area contributed by atoms with Crippen LogP contribution >= 0.6 is 0 Å². The Hall–Kier alpha value is -1.98. The van der Waals surface area contributed by atoms with Gasteiger partial charge in [0.05, 0.1) is 11.7 Å². The molecule has 2 aromatic rings. The maximum Gasteiger partial charge on any atom is 0.182 e. The van der Waals surface area contributed by atoms with Crippen LogP contribution in [0.3, 0.4) is 0 Å². The Morgan fingerprint density at radius 1 is 1.47 bits per heavy atom. The second-order valence-electron chi connectivity index (χ2n) is 5.04. The standard InChI is InChI=1S/C13H16FN5/c1-2-3-8-7-12(8)19-13(16-17-18-19)9-4-5-10(14)11(15)6-9/h4-6,8,12H,2-3,7,15H2,1H3. The Morgan fingerprint density at radius 3 is 3.05 bits per heavy atom. The first-order valence-electron chi connectivity index (χ1n) is 6.54. The maximum atomic E-state index is 13.2. The van der Waals surface area contributed by atoms with E-state index < -0.39 is 5.82 Å². The molecule has 1 aromatic carbocycles. The lowest BCUT2D eigenvalue weighted by Gasteiger charge is -2.05. The number of hydrogen-bond acceptors (Lipinski definition) is 4. The number of halogens is 1. The summed E-state index contributed by atoms with van der Waals surface area (Å²) in [7, 11) is 0. The molecule has 2 atom stereocenters. The van der Waals surface area contributed by atoms with Gasteiger partial charge in [-0.25, -0.2) is 9.07 Å². The molecular weight excluding hydrogens is 245 g/mol. The highest BCUT2D eigenvalue weighted by Crippen LogP contribution is 2.47. The molecule has 19 heavy (non-hydrogen) atoms. The third kappa shape index (κ3) is 2.18. The van der Waals surface area contributed by atoms with E-state index in [1.54, 1.807) is 12.1 Å². The molecule has 0 bridgehead atoms. The molecule has 0 radical (unpaired) electrons. The van der Waals surface area contributed by atoms with Gasteiger partial charge in [0.25, 0.3) is 0 Å². The first kappa shape index (κ1) is 12.1.